The van der Waals surface area contributed by atoms with Crippen molar-refractivity contribution in [3.05, 3.63) is 0 Å². The number of nitrogens with one attached hydrogen (secondary N) is 1. The number of sulfonamides is 1. The molecule has 0 rings (SSSR count). The molecular formula is C6H11NO8S2. The van der Waals surface area contributed by atoms with Gasteiger partial charge < -0.3 is 10.2 Å². The summed E-state index contributed by atoms with van der Waals surface area (Å²) in [6.07, 6.45) is -0.336. The number of aliphatic carboxylic acids is 2. The van der Waals surface area contributed by atoms with Gasteiger partial charge in [-0.25, -0.2) is 16.8 Å². The van der Waals surface area contributed by atoms with Crippen LogP contribution in [0.25, 0.3) is 0 Å². The SMILES string of the molecule is CS(=O)(=O)CS(=O)(=O)N[C@@H](CC(=O)O)C(=O)O. The maximum atomic E-state index is 11.2. The molecule has 17 heavy (non-hydrogen) atoms. The van der Waals surface area contributed by atoms with E-state index in [0.29, 0.717) is 6.26 Å². The second kappa shape index (κ2) is 5.42. The second-order valence-electron chi connectivity index (χ2n) is 3.26. The third-order valence-electron chi connectivity index (χ3n) is 1.37. The molecule has 0 aromatic heterocycles. The minimum absolute atomic E-state index is 0.652. The summed E-state index contributed by atoms with van der Waals surface area (Å²) in [4.78, 5) is 20.8. The molecule has 0 bridgehead atoms. The standard InChI is InChI=1S/C6H11NO8S2/c1-16(12,13)3-17(14,15)7-4(6(10)11)2-5(8)9/h4,7H,2-3H2,1H3,(H,8,9)(H,10,11)/t4-/m0/s1. The van der Waals surface area contributed by atoms with Gasteiger partial charge in [-0.3, -0.25) is 9.59 Å². The largest absolute Gasteiger partial charge is 0.481 e. The van der Waals surface area contributed by atoms with Gasteiger partial charge in [0.2, 0.25) is 10.0 Å². The third kappa shape index (κ3) is 7.65. The van der Waals surface area contributed by atoms with Gasteiger partial charge in [0.1, 0.15) is 6.04 Å². The average molecular weight is 289 g/mol. The van der Waals surface area contributed by atoms with Crippen LogP contribution in [-0.4, -0.2) is 56.4 Å². The van der Waals surface area contributed by atoms with Gasteiger partial charge in [0.15, 0.2) is 14.9 Å². The second-order valence-corrected chi connectivity index (χ2v) is 7.52. The van der Waals surface area contributed by atoms with Crippen LogP contribution in [0.15, 0.2) is 0 Å². The lowest BCUT2D eigenvalue weighted by Crippen LogP contribution is -2.44. The summed E-state index contributed by atoms with van der Waals surface area (Å²) in [5.74, 6) is -3.23. The van der Waals surface area contributed by atoms with E-state index in [1.54, 1.807) is 0 Å². The number of hydrogen-bond donors (Lipinski definition) is 3. The van der Waals surface area contributed by atoms with Gasteiger partial charge in [0.05, 0.1) is 6.42 Å². The highest BCUT2D eigenvalue weighted by Crippen LogP contribution is 1.99. The first-order valence-electron chi connectivity index (χ1n) is 4.05. The Morgan fingerprint density at radius 1 is 1.18 bits per heavy atom. The fourth-order valence-corrected chi connectivity index (χ4v) is 4.03. The Balaban J connectivity index is 4.88. The van der Waals surface area contributed by atoms with Crippen LogP contribution < -0.4 is 4.72 Å². The number of rotatable bonds is 7. The molecule has 0 spiro atoms. The zero-order chi connectivity index (χ0) is 13.9. The summed E-state index contributed by atoms with van der Waals surface area (Å²) in [5, 5.41) is 15.6. The van der Waals surface area contributed by atoms with Gasteiger partial charge in [-0.1, -0.05) is 0 Å². The predicted octanol–water partition coefficient (Wildman–Crippen LogP) is -2.16. The van der Waals surface area contributed by atoms with Crippen molar-refractivity contribution in [2.24, 2.45) is 0 Å². The van der Waals surface area contributed by atoms with Gasteiger partial charge in [0, 0.05) is 6.26 Å². The van der Waals surface area contributed by atoms with Crippen molar-refractivity contribution >= 4 is 31.8 Å². The number of carbonyl (C=O) groups is 2. The highest BCUT2D eigenvalue weighted by atomic mass is 32.3. The van der Waals surface area contributed by atoms with E-state index in [1.165, 1.54) is 4.72 Å². The van der Waals surface area contributed by atoms with Crippen molar-refractivity contribution < 1.29 is 36.6 Å². The Morgan fingerprint density at radius 2 is 1.65 bits per heavy atom. The molecule has 0 radical (unpaired) electrons. The fourth-order valence-electron chi connectivity index (χ4n) is 0.887. The van der Waals surface area contributed by atoms with Crippen LogP contribution in [0.4, 0.5) is 0 Å². The van der Waals surface area contributed by atoms with E-state index in [4.69, 9.17) is 10.2 Å². The van der Waals surface area contributed by atoms with Crippen molar-refractivity contribution in [3.8, 4) is 0 Å². The molecule has 0 unspecified atom stereocenters. The molecule has 3 N–H and O–H groups in total. The smallest absolute Gasteiger partial charge is 0.322 e. The minimum atomic E-state index is -4.41. The Bertz CT molecular complexity index is 504. The summed E-state index contributed by atoms with van der Waals surface area (Å²) in [6.45, 7) is 0. The molecule has 0 aliphatic carbocycles. The lowest BCUT2D eigenvalue weighted by molar-refractivity contribution is -0.145. The minimum Gasteiger partial charge on any atom is -0.481 e. The summed E-state index contributed by atoms with van der Waals surface area (Å²) in [7, 11) is -8.28. The highest BCUT2D eigenvalue weighted by molar-refractivity contribution is 8.06. The van der Waals surface area contributed by atoms with Crippen LogP contribution in [0, 0.1) is 0 Å². The zero-order valence-corrected chi connectivity index (χ0v) is 10.3. The normalized spacial score (nSPS) is 14.2. The van der Waals surface area contributed by atoms with Crippen molar-refractivity contribution in [1.82, 2.24) is 4.72 Å². The molecule has 0 saturated carbocycles. The molecule has 0 aliphatic heterocycles. The first kappa shape index (κ1) is 15.8. The summed E-state index contributed by atoms with van der Waals surface area (Å²) < 4.78 is 45.4. The van der Waals surface area contributed by atoms with Crippen molar-refractivity contribution in [3.63, 3.8) is 0 Å². The van der Waals surface area contributed by atoms with Gasteiger partial charge in [0.25, 0.3) is 0 Å². The van der Waals surface area contributed by atoms with E-state index in [2.05, 4.69) is 0 Å². The quantitative estimate of drug-likeness (QED) is 0.478. The van der Waals surface area contributed by atoms with E-state index >= 15 is 0 Å². The predicted molar refractivity (Wildman–Crippen MR) is 55.4 cm³/mol. The first-order valence-corrected chi connectivity index (χ1v) is 7.76. The van der Waals surface area contributed by atoms with E-state index in [-0.39, 0.29) is 0 Å². The lowest BCUT2D eigenvalue weighted by atomic mass is 10.2. The van der Waals surface area contributed by atoms with Gasteiger partial charge >= 0.3 is 11.9 Å². The van der Waals surface area contributed by atoms with E-state index in [9.17, 15) is 26.4 Å². The molecule has 1 atom stereocenters. The third-order valence-corrected chi connectivity index (χ3v) is 4.97. The van der Waals surface area contributed by atoms with Crippen LogP contribution in [0.1, 0.15) is 6.42 Å². The Hall–Kier alpha value is -1.20. The molecule has 0 saturated heterocycles. The summed E-state index contributed by atoms with van der Waals surface area (Å²) >= 11 is 0. The molecule has 11 heteroatoms. The van der Waals surface area contributed by atoms with Gasteiger partial charge in [-0.15, -0.1) is 0 Å². The van der Waals surface area contributed by atoms with Gasteiger partial charge in [-0.05, 0) is 0 Å². The number of carboxylic acids is 2. The molecule has 100 valence electrons. The van der Waals surface area contributed by atoms with Crippen molar-refractivity contribution in [2.45, 2.75) is 12.5 Å². The van der Waals surface area contributed by atoms with Gasteiger partial charge in [-0.2, -0.15) is 4.72 Å². The molecular weight excluding hydrogens is 278 g/mol. The van der Waals surface area contributed by atoms with E-state index in [0.717, 1.165) is 0 Å². The van der Waals surface area contributed by atoms with Crippen LogP contribution in [0.2, 0.25) is 0 Å². The van der Waals surface area contributed by atoms with Crippen LogP contribution >= 0.6 is 0 Å². The van der Waals surface area contributed by atoms with Crippen LogP contribution in [0.3, 0.4) is 0 Å². The first-order chi connectivity index (χ1) is 7.43. The lowest BCUT2D eigenvalue weighted by Gasteiger charge is -2.11. The number of sulfone groups is 1. The maximum absolute atomic E-state index is 11.2. The monoisotopic (exact) mass is 289 g/mol. The van der Waals surface area contributed by atoms with E-state index < -0.39 is 49.3 Å². The average Bonchev–Trinajstić information content (AvgIpc) is 1.95. The zero-order valence-electron chi connectivity index (χ0n) is 8.65. The summed E-state index contributed by atoms with van der Waals surface area (Å²) in [6, 6.07) is -1.90. The molecule has 0 aromatic rings. The van der Waals surface area contributed by atoms with Crippen LogP contribution in [0.5, 0.6) is 0 Å². The van der Waals surface area contributed by atoms with E-state index in [1.807, 2.05) is 0 Å². The molecule has 9 nitrogen and oxygen atoms in total. The molecule has 0 fully saturated rings. The van der Waals surface area contributed by atoms with Crippen LogP contribution in [-0.2, 0) is 29.4 Å². The number of hydrogen-bond acceptors (Lipinski definition) is 6. The maximum Gasteiger partial charge on any atom is 0.322 e. The summed E-state index contributed by atoms with van der Waals surface area (Å²) in [5.41, 5.74) is 0. The molecule has 0 aromatic carbocycles. The van der Waals surface area contributed by atoms with Crippen molar-refractivity contribution in [1.29, 1.82) is 0 Å². The Kier molecular flexibility index (Phi) is 5.04. The molecule has 0 heterocycles. The fraction of sp³-hybridized carbons (Fsp3) is 0.667. The topological polar surface area (TPSA) is 155 Å². The highest BCUT2D eigenvalue weighted by Gasteiger charge is 2.28. The molecule has 0 amide bonds. The Morgan fingerprint density at radius 3 is 1.94 bits per heavy atom. The van der Waals surface area contributed by atoms with Crippen molar-refractivity contribution in [2.75, 3.05) is 11.3 Å². The molecule has 0 aliphatic rings. The Labute approximate surface area is 97.4 Å². The number of carboxylic acid groups (broad SMARTS) is 2.